The molecule has 0 aliphatic rings. The van der Waals surface area contributed by atoms with Gasteiger partial charge in [0.1, 0.15) is 16.3 Å². The van der Waals surface area contributed by atoms with Gasteiger partial charge in [-0.2, -0.15) is 0 Å². The predicted octanol–water partition coefficient (Wildman–Crippen LogP) is 4.36. The molecule has 2 N–H and O–H groups in total. The monoisotopic (exact) mass is 470 g/mol. The van der Waals surface area contributed by atoms with Gasteiger partial charge in [0.05, 0.1) is 16.8 Å². The normalized spacial score (nSPS) is 11.2. The minimum Gasteiger partial charge on any atom is -0.508 e. The zero-order valence-electron chi connectivity index (χ0n) is 18.1. The third kappa shape index (κ3) is 4.15. The summed E-state index contributed by atoms with van der Waals surface area (Å²) in [5, 5.41) is 17.3. The molecule has 0 bridgehead atoms. The number of hydrogen-bond donors (Lipinski definition) is 2. The minimum absolute atomic E-state index is 0.0337. The second-order valence-electron chi connectivity index (χ2n) is 7.34. The van der Waals surface area contributed by atoms with Gasteiger partial charge in [0.25, 0.3) is 5.56 Å². The maximum Gasteiger partial charge on any atom is 0.267 e. The smallest absolute Gasteiger partial charge is 0.267 e. The van der Waals surface area contributed by atoms with Gasteiger partial charge in [-0.25, -0.2) is 4.98 Å². The number of anilines is 1. The number of carbonyl (C=O) groups excluding carboxylic acids is 1. The number of aryl methyl sites for hydroxylation is 4. The zero-order valence-corrected chi connectivity index (χ0v) is 19.7. The molecule has 0 aliphatic heterocycles. The van der Waals surface area contributed by atoms with Crippen LogP contribution in [0.1, 0.15) is 28.7 Å². The molecule has 0 atom stereocenters. The Kier molecular flexibility index (Phi) is 6.07. The summed E-state index contributed by atoms with van der Waals surface area (Å²) in [6.45, 7) is 7.56. The van der Waals surface area contributed by atoms with Crippen LogP contribution in [0.25, 0.3) is 15.9 Å². The molecule has 32 heavy (non-hydrogen) atoms. The second-order valence-corrected chi connectivity index (χ2v) is 9.48. The number of benzene rings is 1. The highest BCUT2D eigenvalue weighted by Crippen LogP contribution is 2.31. The number of fused-ring (bicyclic) bond motifs is 1. The van der Waals surface area contributed by atoms with Gasteiger partial charge < -0.3 is 14.9 Å². The molecule has 0 saturated heterocycles. The third-order valence-electron chi connectivity index (χ3n) is 5.00. The molecule has 4 aromatic rings. The molecule has 1 amide bonds. The molecule has 0 spiro atoms. The van der Waals surface area contributed by atoms with Crippen LogP contribution < -0.4 is 10.9 Å². The fraction of sp³-hybridized carbons (Fsp3) is 0.273. The Balaban J connectivity index is 1.78. The summed E-state index contributed by atoms with van der Waals surface area (Å²) >= 11 is 2.65. The molecule has 0 radical (unpaired) electrons. The number of nitrogens with zero attached hydrogens (tertiary/aromatic N) is 3. The standard InChI is InChI=1S/C22H22N4O4S2/c1-5-15-13(4)32-20-19(15)21(29)26(16-7-6-14(27)8-11(16)2)22(24-20)31-10-18(28)23-17-9-12(3)30-25-17/h6-9,27H,5,10H2,1-4H3,(H,23,25,28). The molecule has 1 aromatic carbocycles. The Hall–Kier alpha value is -3.11. The average Bonchev–Trinajstić information content (AvgIpc) is 3.29. The lowest BCUT2D eigenvalue weighted by Crippen LogP contribution is -2.23. The summed E-state index contributed by atoms with van der Waals surface area (Å²) in [5.74, 6) is 0.793. The predicted molar refractivity (Wildman–Crippen MR) is 126 cm³/mol. The van der Waals surface area contributed by atoms with Crippen LogP contribution in [0.3, 0.4) is 0 Å². The van der Waals surface area contributed by atoms with Crippen molar-refractivity contribution >= 4 is 45.0 Å². The van der Waals surface area contributed by atoms with E-state index in [2.05, 4.69) is 10.5 Å². The van der Waals surface area contributed by atoms with Gasteiger partial charge in [-0.3, -0.25) is 14.2 Å². The van der Waals surface area contributed by atoms with Crippen LogP contribution >= 0.6 is 23.1 Å². The quantitative estimate of drug-likeness (QED) is 0.318. The van der Waals surface area contributed by atoms with Crippen LogP contribution in [-0.2, 0) is 11.2 Å². The summed E-state index contributed by atoms with van der Waals surface area (Å²) in [6.07, 6.45) is 0.726. The fourth-order valence-corrected chi connectivity index (χ4v) is 5.52. The molecule has 4 rings (SSSR count). The number of phenolic OH excluding ortho intramolecular Hbond substituents is 1. The van der Waals surface area contributed by atoms with E-state index in [9.17, 15) is 14.7 Å². The Morgan fingerprint density at radius 3 is 2.72 bits per heavy atom. The van der Waals surface area contributed by atoms with E-state index in [-0.39, 0.29) is 23.0 Å². The van der Waals surface area contributed by atoms with Crippen molar-refractivity contribution in [2.24, 2.45) is 0 Å². The third-order valence-corrected chi connectivity index (χ3v) is 6.98. The van der Waals surface area contributed by atoms with Crippen molar-refractivity contribution in [1.29, 1.82) is 0 Å². The Morgan fingerprint density at radius 2 is 2.06 bits per heavy atom. The van der Waals surface area contributed by atoms with Crippen LogP contribution in [0.15, 0.2) is 38.7 Å². The van der Waals surface area contributed by atoms with Gasteiger partial charge >= 0.3 is 0 Å². The van der Waals surface area contributed by atoms with E-state index in [0.717, 1.165) is 22.4 Å². The number of rotatable bonds is 6. The van der Waals surface area contributed by atoms with Gasteiger partial charge in [0.15, 0.2) is 11.0 Å². The van der Waals surface area contributed by atoms with E-state index >= 15 is 0 Å². The highest BCUT2D eigenvalue weighted by molar-refractivity contribution is 7.99. The summed E-state index contributed by atoms with van der Waals surface area (Å²) < 4.78 is 6.50. The van der Waals surface area contributed by atoms with Crippen molar-refractivity contribution in [2.75, 3.05) is 11.1 Å². The lowest BCUT2D eigenvalue weighted by atomic mass is 10.1. The molecule has 0 fully saturated rings. The highest BCUT2D eigenvalue weighted by atomic mass is 32.2. The van der Waals surface area contributed by atoms with E-state index in [0.29, 0.717) is 32.6 Å². The van der Waals surface area contributed by atoms with Crippen molar-refractivity contribution in [3.05, 3.63) is 56.4 Å². The molecular formula is C22H22N4O4S2. The molecule has 10 heteroatoms. The number of hydrogen-bond acceptors (Lipinski definition) is 8. The van der Waals surface area contributed by atoms with E-state index < -0.39 is 0 Å². The first-order valence-electron chi connectivity index (χ1n) is 9.99. The topological polar surface area (TPSA) is 110 Å². The average molecular weight is 471 g/mol. The number of amides is 1. The van der Waals surface area contributed by atoms with Crippen molar-refractivity contribution in [3.63, 3.8) is 0 Å². The molecule has 166 valence electrons. The number of carbonyl (C=O) groups is 1. The Bertz CT molecular complexity index is 1390. The highest BCUT2D eigenvalue weighted by Gasteiger charge is 2.21. The maximum atomic E-state index is 13.6. The van der Waals surface area contributed by atoms with Gasteiger partial charge in [-0.15, -0.1) is 11.3 Å². The molecule has 0 aliphatic carbocycles. The summed E-state index contributed by atoms with van der Waals surface area (Å²) in [5.41, 5.74) is 2.15. The number of aromatic nitrogens is 3. The van der Waals surface area contributed by atoms with Crippen molar-refractivity contribution < 1.29 is 14.4 Å². The summed E-state index contributed by atoms with van der Waals surface area (Å²) in [7, 11) is 0. The van der Waals surface area contributed by atoms with Gasteiger partial charge in [-0.1, -0.05) is 23.8 Å². The van der Waals surface area contributed by atoms with Crippen molar-refractivity contribution in [3.8, 4) is 11.4 Å². The minimum atomic E-state index is -0.289. The zero-order chi connectivity index (χ0) is 23.0. The van der Waals surface area contributed by atoms with E-state index in [1.54, 1.807) is 25.1 Å². The van der Waals surface area contributed by atoms with E-state index in [1.807, 2.05) is 20.8 Å². The lowest BCUT2D eigenvalue weighted by Gasteiger charge is -2.14. The first kappa shape index (κ1) is 22.1. The number of phenols is 1. The Morgan fingerprint density at radius 1 is 1.28 bits per heavy atom. The SMILES string of the molecule is CCc1c(C)sc2nc(SCC(=O)Nc3cc(C)on3)n(-c3ccc(O)cc3C)c(=O)c12. The first-order valence-corrected chi connectivity index (χ1v) is 11.8. The number of thiophene rings is 1. The van der Waals surface area contributed by atoms with Crippen LogP contribution in [0.5, 0.6) is 5.75 Å². The van der Waals surface area contributed by atoms with Crippen LogP contribution in [0, 0.1) is 20.8 Å². The number of aromatic hydroxyl groups is 1. The first-order chi connectivity index (χ1) is 15.3. The maximum absolute atomic E-state index is 13.6. The largest absolute Gasteiger partial charge is 0.508 e. The fourth-order valence-electron chi connectivity index (χ4n) is 3.56. The van der Waals surface area contributed by atoms with Crippen molar-refractivity contribution in [2.45, 2.75) is 39.3 Å². The van der Waals surface area contributed by atoms with E-state index in [1.165, 1.54) is 33.7 Å². The molecule has 0 unspecified atom stereocenters. The number of thioether (sulfide) groups is 1. The Labute approximate surface area is 192 Å². The molecular weight excluding hydrogens is 448 g/mol. The van der Waals surface area contributed by atoms with Gasteiger partial charge in [0, 0.05) is 10.9 Å². The summed E-state index contributed by atoms with van der Waals surface area (Å²) in [4.78, 5) is 32.6. The molecule has 0 saturated carbocycles. The summed E-state index contributed by atoms with van der Waals surface area (Å²) in [6, 6.07) is 6.45. The van der Waals surface area contributed by atoms with Gasteiger partial charge in [-0.05, 0) is 56.5 Å². The van der Waals surface area contributed by atoms with Crippen LogP contribution in [-0.4, -0.2) is 31.5 Å². The van der Waals surface area contributed by atoms with Gasteiger partial charge in [0.2, 0.25) is 5.91 Å². The van der Waals surface area contributed by atoms with E-state index in [4.69, 9.17) is 9.51 Å². The molecule has 3 aromatic heterocycles. The second kappa shape index (κ2) is 8.79. The number of nitrogens with one attached hydrogen (secondary N) is 1. The molecule has 8 nitrogen and oxygen atoms in total. The molecule has 3 heterocycles. The lowest BCUT2D eigenvalue weighted by molar-refractivity contribution is -0.113. The van der Waals surface area contributed by atoms with Crippen LogP contribution in [0.2, 0.25) is 0 Å². The van der Waals surface area contributed by atoms with Crippen molar-refractivity contribution in [1.82, 2.24) is 14.7 Å². The van der Waals surface area contributed by atoms with Crippen LogP contribution in [0.4, 0.5) is 5.82 Å².